The number of hydrogen-bond acceptors (Lipinski definition) is 3. The largest absolute Gasteiger partial charge is 0.385 e. The molecule has 0 heterocycles. The summed E-state index contributed by atoms with van der Waals surface area (Å²) in [6.07, 6.45) is 3.41. The number of rotatable bonds is 11. The van der Waals surface area contributed by atoms with Crippen LogP contribution >= 0.6 is 0 Å². The lowest BCUT2D eigenvalue weighted by Crippen LogP contribution is -2.39. The Morgan fingerprint density at radius 2 is 1.74 bits per heavy atom. The van der Waals surface area contributed by atoms with E-state index in [2.05, 4.69) is 39.9 Å². The molecule has 0 aliphatic carbocycles. The van der Waals surface area contributed by atoms with Gasteiger partial charge in [0.1, 0.15) is 0 Å². The van der Waals surface area contributed by atoms with Gasteiger partial charge < -0.3 is 14.8 Å². The average molecular weight is 273 g/mol. The fourth-order valence-corrected chi connectivity index (χ4v) is 2.08. The van der Waals surface area contributed by atoms with Gasteiger partial charge in [-0.2, -0.15) is 0 Å². The second-order valence-corrected chi connectivity index (χ2v) is 6.87. The molecule has 3 heteroatoms. The van der Waals surface area contributed by atoms with Crippen LogP contribution in [-0.4, -0.2) is 39.0 Å². The molecule has 0 bridgehead atoms. The van der Waals surface area contributed by atoms with Crippen LogP contribution in [0.3, 0.4) is 0 Å². The maximum absolute atomic E-state index is 5.67. The maximum Gasteiger partial charge on any atom is 0.0487 e. The summed E-state index contributed by atoms with van der Waals surface area (Å²) in [4.78, 5) is 0. The summed E-state index contributed by atoms with van der Waals surface area (Å²) in [6, 6.07) is 0. The Kier molecular flexibility index (Phi) is 10.6. The summed E-state index contributed by atoms with van der Waals surface area (Å²) in [7, 11) is 1.73. The highest BCUT2D eigenvalue weighted by atomic mass is 16.5. The van der Waals surface area contributed by atoms with E-state index in [1.165, 1.54) is 6.42 Å². The standard InChI is InChI=1S/C16H35NO2/c1-14(2)12-15(13-17-16(3,4)5)8-11-19-10-7-9-18-6/h14-15,17H,7-13H2,1-6H3. The van der Waals surface area contributed by atoms with Crippen LogP contribution in [0.4, 0.5) is 0 Å². The zero-order valence-corrected chi connectivity index (χ0v) is 13.9. The van der Waals surface area contributed by atoms with Crippen molar-refractivity contribution in [3.63, 3.8) is 0 Å². The minimum atomic E-state index is 0.203. The van der Waals surface area contributed by atoms with Crippen LogP contribution in [-0.2, 0) is 9.47 Å². The lowest BCUT2D eigenvalue weighted by Gasteiger charge is -2.26. The zero-order valence-electron chi connectivity index (χ0n) is 13.9. The van der Waals surface area contributed by atoms with Gasteiger partial charge in [-0.25, -0.2) is 0 Å². The van der Waals surface area contributed by atoms with Crippen LogP contribution in [0.15, 0.2) is 0 Å². The molecular weight excluding hydrogens is 238 g/mol. The third-order valence-corrected chi connectivity index (χ3v) is 3.03. The van der Waals surface area contributed by atoms with Gasteiger partial charge in [-0.1, -0.05) is 13.8 Å². The summed E-state index contributed by atoms with van der Waals surface area (Å²) >= 11 is 0. The molecular formula is C16H35NO2. The van der Waals surface area contributed by atoms with E-state index in [9.17, 15) is 0 Å². The van der Waals surface area contributed by atoms with Gasteiger partial charge in [0.25, 0.3) is 0 Å². The van der Waals surface area contributed by atoms with Crippen LogP contribution in [0.2, 0.25) is 0 Å². The highest BCUT2D eigenvalue weighted by Crippen LogP contribution is 2.16. The van der Waals surface area contributed by atoms with E-state index >= 15 is 0 Å². The second kappa shape index (κ2) is 10.6. The van der Waals surface area contributed by atoms with Gasteiger partial charge in [0.2, 0.25) is 0 Å². The molecule has 19 heavy (non-hydrogen) atoms. The van der Waals surface area contributed by atoms with Gasteiger partial charge in [-0.3, -0.25) is 0 Å². The molecule has 0 saturated heterocycles. The molecule has 0 aromatic rings. The van der Waals surface area contributed by atoms with E-state index in [4.69, 9.17) is 9.47 Å². The first-order valence-corrected chi connectivity index (χ1v) is 7.67. The Bertz CT molecular complexity index is 199. The number of methoxy groups -OCH3 is 1. The molecule has 1 unspecified atom stereocenters. The lowest BCUT2D eigenvalue weighted by atomic mass is 9.93. The predicted molar refractivity (Wildman–Crippen MR) is 82.6 cm³/mol. The van der Waals surface area contributed by atoms with Gasteiger partial charge in [0.05, 0.1) is 0 Å². The Morgan fingerprint density at radius 1 is 1.05 bits per heavy atom. The smallest absolute Gasteiger partial charge is 0.0487 e. The molecule has 0 spiro atoms. The molecule has 3 nitrogen and oxygen atoms in total. The van der Waals surface area contributed by atoms with E-state index in [0.29, 0.717) is 5.92 Å². The number of nitrogens with one attached hydrogen (secondary N) is 1. The van der Waals surface area contributed by atoms with Gasteiger partial charge in [-0.05, 0) is 58.4 Å². The quantitative estimate of drug-likeness (QED) is 0.585. The Labute approximate surface area is 120 Å². The van der Waals surface area contributed by atoms with E-state index in [-0.39, 0.29) is 5.54 Å². The summed E-state index contributed by atoms with van der Waals surface area (Å²) < 4.78 is 10.7. The summed E-state index contributed by atoms with van der Waals surface area (Å²) in [6.45, 7) is 14.8. The molecule has 0 aromatic carbocycles. The van der Waals surface area contributed by atoms with Crippen LogP contribution in [0.5, 0.6) is 0 Å². The first-order valence-electron chi connectivity index (χ1n) is 7.67. The Morgan fingerprint density at radius 3 is 2.26 bits per heavy atom. The van der Waals surface area contributed by atoms with E-state index in [1.54, 1.807) is 7.11 Å². The SMILES string of the molecule is COCCCOCCC(CNC(C)(C)C)CC(C)C. The molecule has 0 amide bonds. The van der Waals surface area contributed by atoms with Gasteiger partial charge in [0.15, 0.2) is 0 Å². The Balaban J connectivity index is 3.80. The molecule has 1 N–H and O–H groups in total. The summed E-state index contributed by atoms with van der Waals surface area (Å²) in [5, 5.41) is 3.61. The molecule has 0 aliphatic heterocycles. The van der Waals surface area contributed by atoms with Crippen molar-refractivity contribution in [3.05, 3.63) is 0 Å². The van der Waals surface area contributed by atoms with E-state index < -0.39 is 0 Å². The van der Waals surface area contributed by atoms with Crippen LogP contribution in [0.1, 0.15) is 53.9 Å². The molecule has 0 aliphatic rings. The lowest BCUT2D eigenvalue weighted by molar-refractivity contribution is 0.0909. The van der Waals surface area contributed by atoms with Crippen LogP contribution in [0, 0.1) is 11.8 Å². The Hall–Kier alpha value is -0.120. The highest BCUT2D eigenvalue weighted by Gasteiger charge is 2.15. The molecule has 0 radical (unpaired) electrons. The average Bonchev–Trinajstić information content (AvgIpc) is 2.28. The molecule has 1 atom stereocenters. The minimum absolute atomic E-state index is 0.203. The third kappa shape index (κ3) is 14.1. The van der Waals surface area contributed by atoms with Crippen molar-refractivity contribution in [2.24, 2.45) is 11.8 Å². The number of ether oxygens (including phenoxy) is 2. The van der Waals surface area contributed by atoms with Crippen molar-refractivity contribution in [1.29, 1.82) is 0 Å². The van der Waals surface area contributed by atoms with Crippen molar-refractivity contribution in [2.45, 2.75) is 59.4 Å². The highest BCUT2D eigenvalue weighted by molar-refractivity contribution is 4.74. The molecule has 0 rings (SSSR count). The molecule has 0 saturated carbocycles. The molecule has 0 fully saturated rings. The van der Waals surface area contributed by atoms with E-state index in [0.717, 1.165) is 45.1 Å². The van der Waals surface area contributed by atoms with Gasteiger partial charge >= 0.3 is 0 Å². The third-order valence-electron chi connectivity index (χ3n) is 3.03. The van der Waals surface area contributed by atoms with Gasteiger partial charge in [0, 0.05) is 32.5 Å². The normalized spacial score (nSPS) is 14.1. The topological polar surface area (TPSA) is 30.5 Å². The van der Waals surface area contributed by atoms with Crippen molar-refractivity contribution >= 4 is 0 Å². The first-order chi connectivity index (χ1) is 8.85. The minimum Gasteiger partial charge on any atom is -0.385 e. The monoisotopic (exact) mass is 273 g/mol. The maximum atomic E-state index is 5.67. The predicted octanol–water partition coefficient (Wildman–Crippen LogP) is 3.48. The van der Waals surface area contributed by atoms with Crippen LogP contribution in [0.25, 0.3) is 0 Å². The summed E-state index contributed by atoms with van der Waals surface area (Å²) in [5.74, 6) is 1.46. The van der Waals surface area contributed by atoms with Crippen molar-refractivity contribution in [1.82, 2.24) is 5.32 Å². The van der Waals surface area contributed by atoms with Crippen molar-refractivity contribution in [3.8, 4) is 0 Å². The number of hydrogen-bond donors (Lipinski definition) is 1. The fraction of sp³-hybridized carbons (Fsp3) is 1.00. The van der Waals surface area contributed by atoms with Crippen LogP contribution < -0.4 is 5.32 Å². The van der Waals surface area contributed by atoms with Gasteiger partial charge in [-0.15, -0.1) is 0 Å². The zero-order chi connectivity index (χ0) is 14.7. The van der Waals surface area contributed by atoms with E-state index in [1.807, 2.05) is 0 Å². The molecule has 116 valence electrons. The second-order valence-electron chi connectivity index (χ2n) is 6.87. The van der Waals surface area contributed by atoms with Crippen molar-refractivity contribution < 1.29 is 9.47 Å². The first kappa shape index (κ1) is 18.9. The fourth-order valence-electron chi connectivity index (χ4n) is 2.08. The molecule has 0 aromatic heterocycles. The van der Waals surface area contributed by atoms with Crippen molar-refractivity contribution in [2.75, 3.05) is 33.5 Å². The summed E-state index contributed by atoms with van der Waals surface area (Å²) in [5.41, 5.74) is 0.203.